The van der Waals surface area contributed by atoms with Crippen molar-refractivity contribution in [2.24, 2.45) is 0 Å². The van der Waals surface area contributed by atoms with Crippen LogP contribution in [0.5, 0.6) is 0 Å². The van der Waals surface area contributed by atoms with Gasteiger partial charge in [-0.1, -0.05) is 11.3 Å². The van der Waals surface area contributed by atoms with Crippen molar-refractivity contribution < 1.29 is 9.90 Å². The highest BCUT2D eigenvalue weighted by molar-refractivity contribution is 7.15. The molecule has 0 radical (unpaired) electrons. The number of nitrogens with one attached hydrogen (secondary N) is 2. The Morgan fingerprint density at radius 1 is 1.10 bits per heavy atom. The lowest BCUT2D eigenvalue weighted by Gasteiger charge is -2.33. The Hall–Kier alpha value is -4.48. The van der Waals surface area contributed by atoms with Crippen molar-refractivity contribution >= 4 is 28.9 Å². The maximum absolute atomic E-state index is 12.5. The molecule has 40 heavy (non-hydrogen) atoms. The van der Waals surface area contributed by atoms with Gasteiger partial charge < -0.3 is 15.3 Å². The number of carbonyl (C=O) groups excluding carboxylic acids is 1. The second kappa shape index (κ2) is 10.2. The molecule has 0 saturated heterocycles. The van der Waals surface area contributed by atoms with E-state index in [4.69, 9.17) is 4.98 Å². The number of carbonyl (C=O) groups is 1. The monoisotopic (exact) mass is 552 g/mol. The van der Waals surface area contributed by atoms with Crippen LogP contribution in [0.4, 0.5) is 11.6 Å². The molecule has 3 N–H and O–H groups in total. The van der Waals surface area contributed by atoms with Crippen LogP contribution in [-0.2, 0) is 12.0 Å². The summed E-state index contributed by atoms with van der Waals surface area (Å²) in [5, 5.41) is 26.4. The molecular formula is C29H28N8O2S. The Bertz CT molecular complexity index is 1700. The molecule has 1 aromatic carbocycles. The molecule has 1 amide bonds. The second-order valence-electron chi connectivity index (χ2n) is 10.1. The Morgan fingerprint density at radius 2 is 1.98 bits per heavy atom. The van der Waals surface area contributed by atoms with Crippen LogP contribution in [0, 0.1) is 6.92 Å². The minimum atomic E-state index is -1.22. The first-order valence-corrected chi connectivity index (χ1v) is 13.7. The first-order chi connectivity index (χ1) is 19.3. The average Bonchev–Trinajstić information content (AvgIpc) is 3.66. The van der Waals surface area contributed by atoms with E-state index in [2.05, 4.69) is 30.7 Å². The highest BCUT2D eigenvalue weighted by Gasteiger charge is 2.39. The van der Waals surface area contributed by atoms with Gasteiger partial charge in [-0.25, -0.2) is 15.0 Å². The van der Waals surface area contributed by atoms with Crippen LogP contribution in [0.25, 0.3) is 21.8 Å². The van der Waals surface area contributed by atoms with Crippen molar-refractivity contribution in [1.82, 2.24) is 35.3 Å². The molecule has 4 heterocycles. The van der Waals surface area contributed by atoms with Gasteiger partial charge in [0.15, 0.2) is 0 Å². The smallest absolute Gasteiger partial charge is 0.253 e. The predicted molar refractivity (Wildman–Crippen MR) is 153 cm³/mol. The van der Waals surface area contributed by atoms with Crippen LogP contribution in [0.1, 0.15) is 44.9 Å². The lowest BCUT2D eigenvalue weighted by atomic mass is 9.79. The van der Waals surface area contributed by atoms with E-state index in [0.29, 0.717) is 28.6 Å². The minimum absolute atomic E-state index is 0.0524. The third kappa shape index (κ3) is 4.85. The Kier molecular flexibility index (Phi) is 6.60. The van der Waals surface area contributed by atoms with Crippen LogP contribution in [0.2, 0.25) is 0 Å². The molecule has 0 aliphatic heterocycles. The Morgan fingerprint density at radius 3 is 2.77 bits per heavy atom. The number of hydrogen-bond donors (Lipinski definition) is 3. The van der Waals surface area contributed by atoms with E-state index in [1.54, 1.807) is 43.7 Å². The number of thiazole rings is 1. The van der Waals surface area contributed by atoms with Gasteiger partial charge in [-0.3, -0.25) is 9.89 Å². The number of fused-ring (bicyclic) bond motifs is 1. The number of H-pyrrole nitrogens is 1. The maximum atomic E-state index is 12.5. The van der Waals surface area contributed by atoms with E-state index in [1.165, 1.54) is 11.3 Å². The van der Waals surface area contributed by atoms with E-state index in [1.807, 2.05) is 43.3 Å². The molecule has 0 spiro atoms. The zero-order chi connectivity index (χ0) is 27.9. The van der Waals surface area contributed by atoms with Gasteiger partial charge in [-0.2, -0.15) is 0 Å². The zero-order valence-corrected chi connectivity index (χ0v) is 23.2. The summed E-state index contributed by atoms with van der Waals surface area (Å²) in [5.41, 5.74) is 4.59. The number of pyridine rings is 2. The number of benzene rings is 1. The van der Waals surface area contributed by atoms with Crippen LogP contribution in [-0.4, -0.2) is 60.4 Å². The van der Waals surface area contributed by atoms with E-state index < -0.39 is 5.60 Å². The van der Waals surface area contributed by atoms with Crippen LogP contribution >= 0.6 is 11.3 Å². The average molecular weight is 553 g/mol. The number of aliphatic hydroxyl groups is 1. The number of amides is 1. The number of nitrogens with zero attached hydrogens (tertiary/aromatic N) is 6. The first-order valence-electron chi connectivity index (χ1n) is 12.9. The van der Waals surface area contributed by atoms with Crippen molar-refractivity contribution in [3.8, 4) is 21.8 Å². The van der Waals surface area contributed by atoms with E-state index in [9.17, 15) is 9.90 Å². The maximum Gasteiger partial charge on any atom is 0.253 e. The van der Waals surface area contributed by atoms with E-state index in [-0.39, 0.29) is 5.91 Å². The molecule has 10 nitrogen and oxygen atoms in total. The minimum Gasteiger partial charge on any atom is -0.378 e. The molecular weight excluding hydrogens is 524 g/mol. The third-order valence-electron chi connectivity index (χ3n) is 7.00. The van der Waals surface area contributed by atoms with Crippen molar-refractivity contribution in [2.75, 3.05) is 19.4 Å². The molecule has 1 unspecified atom stereocenters. The van der Waals surface area contributed by atoms with Gasteiger partial charge in [0.1, 0.15) is 27.9 Å². The van der Waals surface area contributed by atoms with Crippen LogP contribution < -0.4 is 5.32 Å². The van der Waals surface area contributed by atoms with Gasteiger partial charge in [-0.15, -0.1) is 16.4 Å². The van der Waals surface area contributed by atoms with Gasteiger partial charge in [0.2, 0.25) is 0 Å². The van der Waals surface area contributed by atoms with Gasteiger partial charge in [0.05, 0.1) is 10.6 Å². The molecule has 202 valence electrons. The van der Waals surface area contributed by atoms with Gasteiger partial charge in [0.25, 0.3) is 5.91 Å². The summed E-state index contributed by atoms with van der Waals surface area (Å²) in [6.45, 7) is 2.01. The standard InChI is InChI=1S/C29H28N8O2S/c1-17-11-22(33-26(12-17)34-25-14-19(8-10-30-25)23-15-32-36-35-23)24-16-31-28(40-24)29(39)9-4-5-18-13-20(6-7-21(18)29)27(38)37(2)3/h6-8,10-16,39H,4-5,9H2,1-3H3,(H,30,33,34)(H,32,35,36). The second-order valence-corrected chi connectivity index (χ2v) is 11.2. The fraction of sp³-hybridized carbons (Fsp3) is 0.241. The summed E-state index contributed by atoms with van der Waals surface area (Å²) in [6, 6.07) is 13.3. The summed E-state index contributed by atoms with van der Waals surface area (Å²) >= 11 is 1.43. The quantitative estimate of drug-likeness (QED) is 0.276. The summed E-state index contributed by atoms with van der Waals surface area (Å²) in [7, 11) is 3.48. The molecule has 6 rings (SSSR count). The molecule has 0 fully saturated rings. The summed E-state index contributed by atoms with van der Waals surface area (Å²) < 4.78 is 0. The SMILES string of the molecule is Cc1cc(Nc2cc(-c3c[nH]nn3)ccn2)nc(-c2cnc(C3(O)CCCc4cc(C(=O)N(C)C)ccc43)s2)c1. The lowest BCUT2D eigenvalue weighted by Crippen LogP contribution is -2.32. The molecule has 0 saturated carbocycles. The number of rotatable bonds is 6. The molecule has 1 aliphatic rings. The number of hydrogen-bond acceptors (Lipinski definition) is 9. The fourth-order valence-electron chi connectivity index (χ4n) is 5.06. The topological polar surface area (TPSA) is 133 Å². The molecule has 11 heteroatoms. The molecule has 0 bridgehead atoms. The van der Waals surface area contributed by atoms with Gasteiger partial charge in [-0.05, 0) is 79.3 Å². The molecule has 5 aromatic rings. The van der Waals surface area contributed by atoms with Crippen molar-refractivity contribution in [2.45, 2.75) is 31.8 Å². The molecule has 1 aliphatic carbocycles. The molecule has 4 aromatic heterocycles. The third-order valence-corrected chi connectivity index (χ3v) is 8.17. The zero-order valence-electron chi connectivity index (χ0n) is 22.3. The first kappa shape index (κ1) is 25.8. The number of aryl methyl sites for hydroxylation is 2. The van der Waals surface area contributed by atoms with Crippen molar-refractivity contribution in [1.29, 1.82) is 0 Å². The van der Waals surface area contributed by atoms with Crippen LogP contribution in [0.15, 0.2) is 61.1 Å². The predicted octanol–water partition coefficient (Wildman–Crippen LogP) is 4.71. The number of aromatic nitrogens is 6. The normalized spacial score (nSPS) is 16.4. The van der Waals surface area contributed by atoms with Gasteiger partial charge in [0, 0.05) is 43.8 Å². The number of anilines is 2. The van der Waals surface area contributed by atoms with Gasteiger partial charge >= 0.3 is 0 Å². The van der Waals surface area contributed by atoms with Crippen molar-refractivity contribution in [3.05, 3.63) is 88.3 Å². The Labute approximate surface area is 235 Å². The van der Waals surface area contributed by atoms with Crippen LogP contribution in [0.3, 0.4) is 0 Å². The highest BCUT2D eigenvalue weighted by Crippen LogP contribution is 2.43. The largest absolute Gasteiger partial charge is 0.378 e. The molecule has 1 atom stereocenters. The summed E-state index contributed by atoms with van der Waals surface area (Å²) in [4.78, 5) is 28.8. The fourth-order valence-corrected chi connectivity index (χ4v) is 6.07. The summed E-state index contributed by atoms with van der Waals surface area (Å²) in [5.74, 6) is 1.23. The van der Waals surface area contributed by atoms with Crippen molar-refractivity contribution in [3.63, 3.8) is 0 Å². The van der Waals surface area contributed by atoms with E-state index in [0.717, 1.165) is 51.4 Å². The van der Waals surface area contributed by atoms with E-state index >= 15 is 0 Å². The highest BCUT2D eigenvalue weighted by atomic mass is 32.1. The lowest BCUT2D eigenvalue weighted by molar-refractivity contribution is 0.0611. The number of aromatic amines is 1. The Balaban J connectivity index is 1.29. The summed E-state index contributed by atoms with van der Waals surface area (Å²) in [6.07, 6.45) is 7.38.